The normalized spacial score (nSPS) is 18.2. The fourth-order valence-electron chi connectivity index (χ4n) is 2.78. The van der Waals surface area contributed by atoms with Gasteiger partial charge in [-0.3, -0.25) is 14.7 Å². The van der Waals surface area contributed by atoms with Crippen LogP contribution in [0, 0.1) is 0 Å². The van der Waals surface area contributed by atoms with E-state index >= 15 is 0 Å². The van der Waals surface area contributed by atoms with E-state index in [-0.39, 0.29) is 11.9 Å². The molecule has 5 N–H and O–H groups in total. The second-order valence-corrected chi connectivity index (χ2v) is 8.86. The van der Waals surface area contributed by atoms with Gasteiger partial charge in [0.2, 0.25) is 15.9 Å². The predicted octanol–water partition coefficient (Wildman–Crippen LogP) is -1.18. The SMILES string of the molecule is CCNC(=NCC(C)(C)NS(C)(=O)=O)NC1CCN(CC(N)=O)CC1. The van der Waals surface area contributed by atoms with E-state index in [1.165, 1.54) is 0 Å². The van der Waals surface area contributed by atoms with Crippen molar-refractivity contribution in [1.82, 2.24) is 20.3 Å². The van der Waals surface area contributed by atoms with Crippen molar-refractivity contribution in [3.8, 4) is 0 Å². The summed E-state index contributed by atoms with van der Waals surface area (Å²) in [4.78, 5) is 17.5. The molecule has 9 nitrogen and oxygen atoms in total. The van der Waals surface area contributed by atoms with Crippen LogP contribution in [-0.4, -0.2) is 75.7 Å². The van der Waals surface area contributed by atoms with E-state index in [9.17, 15) is 13.2 Å². The largest absolute Gasteiger partial charge is 0.369 e. The minimum atomic E-state index is -3.29. The van der Waals surface area contributed by atoms with Crippen molar-refractivity contribution in [2.45, 2.75) is 45.2 Å². The van der Waals surface area contributed by atoms with Crippen molar-refractivity contribution < 1.29 is 13.2 Å². The predicted molar refractivity (Wildman–Crippen MR) is 99.8 cm³/mol. The maximum Gasteiger partial charge on any atom is 0.231 e. The summed E-state index contributed by atoms with van der Waals surface area (Å²) in [5.74, 6) is 0.362. The third kappa shape index (κ3) is 9.61. The maximum absolute atomic E-state index is 11.4. The third-order valence-electron chi connectivity index (χ3n) is 3.75. The maximum atomic E-state index is 11.4. The van der Waals surface area contributed by atoms with Crippen LogP contribution in [0.15, 0.2) is 4.99 Å². The number of aliphatic imine (C=N–C) groups is 1. The molecule has 1 rings (SSSR count). The minimum Gasteiger partial charge on any atom is -0.369 e. The molecule has 0 spiro atoms. The summed E-state index contributed by atoms with van der Waals surface area (Å²) in [7, 11) is -3.29. The monoisotopic (exact) mass is 376 g/mol. The molecule has 1 heterocycles. The van der Waals surface area contributed by atoms with Crippen molar-refractivity contribution in [3.05, 3.63) is 0 Å². The van der Waals surface area contributed by atoms with E-state index in [4.69, 9.17) is 5.73 Å². The van der Waals surface area contributed by atoms with Crippen LogP contribution in [0.25, 0.3) is 0 Å². The van der Waals surface area contributed by atoms with Crippen LogP contribution < -0.4 is 21.1 Å². The topological polar surface area (TPSA) is 129 Å². The van der Waals surface area contributed by atoms with Crippen molar-refractivity contribution in [3.63, 3.8) is 0 Å². The number of primary amides is 1. The van der Waals surface area contributed by atoms with Crippen LogP contribution in [0.5, 0.6) is 0 Å². The standard InChI is InChI=1S/C15H32N6O3S/c1-5-17-14(18-11-15(2,3)20-25(4,23)24)19-12-6-8-21(9-7-12)10-13(16)22/h12,20H,5-11H2,1-4H3,(H2,16,22)(H2,17,18,19). The minimum absolute atomic E-state index is 0.257. The Morgan fingerprint density at radius 2 is 1.92 bits per heavy atom. The summed E-state index contributed by atoms with van der Waals surface area (Å²) in [6.45, 7) is 8.51. The first-order valence-corrected chi connectivity index (χ1v) is 10.4. The molecule has 1 saturated heterocycles. The van der Waals surface area contributed by atoms with Crippen LogP contribution in [0.1, 0.15) is 33.6 Å². The molecule has 25 heavy (non-hydrogen) atoms. The Bertz CT molecular complexity index is 568. The molecule has 0 bridgehead atoms. The first-order valence-electron chi connectivity index (χ1n) is 8.55. The summed E-state index contributed by atoms with van der Waals surface area (Å²) >= 11 is 0. The number of nitrogens with two attached hydrogens (primary N) is 1. The number of rotatable bonds is 8. The highest BCUT2D eigenvalue weighted by atomic mass is 32.2. The number of hydrogen-bond donors (Lipinski definition) is 4. The molecule has 0 aliphatic carbocycles. The number of amides is 1. The van der Waals surface area contributed by atoms with Crippen LogP contribution in [0.3, 0.4) is 0 Å². The van der Waals surface area contributed by atoms with Crippen molar-refractivity contribution in [2.24, 2.45) is 10.7 Å². The smallest absolute Gasteiger partial charge is 0.231 e. The number of nitrogens with one attached hydrogen (secondary N) is 3. The highest BCUT2D eigenvalue weighted by Crippen LogP contribution is 2.10. The number of nitrogens with zero attached hydrogens (tertiary/aromatic N) is 2. The summed E-state index contributed by atoms with van der Waals surface area (Å²) in [6, 6.07) is 0.257. The van der Waals surface area contributed by atoms with Gasteiger partial charge >= 0.3 is 0 Å². The van der Waals surface area contributed by atoms with Gasteiger partial charge in [0.15, 0.2) is 5.96 Å². The molecule has 1 aliphatic rings. The van der Waals surface area contributed by atoms with Gasteiger partial charge in [-0.15, -0.1) is 0 Å². The van der Waals surface area contributed by atoms with Gasteiger partial charge in [0.05, 0.1) is 19.3 Å². The molecule has 0 aromatic rings. The van der Waals surface area contributed by atoms with Crippen molar-refractivity contribution in [2.75, 3.05) is 39.0 Å². The second kappa shape index (κ2) is 9.35. The molecule has 1 amide bonds. The molecule has 0 atom stereocenters. The van der Waals surface area contributed by atoms with E-state index in [1.807, 2.05) is 11.8 Å². The first-order chi connectivity index (χ1) is 11.5. The zero-order valence-corrected chi connectivity index (χ0v) is 16.4. The van der Waals surface area contributed by atoms with E-state index in [1.54, 1.807) is 13.8 Å². The zero-order chi connectivity index (χ0) is 19.1. The lowest BCUT2D eigenvalue weighted by molar-refractivity contribution is -0.119. The lowest BCUT2D eigenvalue weighted by atomic mass is 10.1. The van der Waals surface area contributed by atoms with Crippen LogP contribution in [-0.2, 0) is 14.8 Å². The lowest BCUT2D eigenvalue weighted by Gasteiger charge is -2.32. The Kier molecular flexibility index (Phi) is 8.10. The Hall–Kier alpha value is -1.39. The fraction of sp³-hybridized carbons (Fsp3) is 0.867. The van der Waals surface area contributed by atoms with Crippen molar-refractivity contribution >= 4 is 21.9 Å². The number of guanidine groups is 1. The number of carbonyl (C=O) groups excluding carboxylic acids is 1. The number of hydrogen-bond acceptors (Lipinski definition) is 5. The summed E-state index contributed by atoms with van der Waals surface area (Å²) in [6.07, 6.45) is 2.92. The quantitative estimate of drug-likeness (QED) is 0.312. The van der Waals surface area contributed by atoms with Crippen LogP contribution in [0.4, 0.5) is 0 Å². The van der Waals surface area contributed by atoms with Gasteiger partial charge in [-0.1, -0.05) is 0 Å². The van der Waals surface area contributed by atoms with Gasteiger partial charge in [0.25, 0.3) is 0 Å². The molecule has 0 aromatic carbocycles. The highest BCUT2D eigenvalue weighted by molar-refractivity contribution is 7.88. The molecular formula is C15H32N6O3S. The zero-order valence-electron chi connectivity index (χ0n) is 15.6. The van der Waals surface area contributed by atoms with E-state index in [2.05, 4.69) is 20.3 Å². The Morgan fingerprint density at radius 3 is 2.40 bits per heavy atom. The summed E-state index contributed by atoms with van der Waals surface area (Å²) in [5.41, 5.74) is 4.56. The molecule has 1 aliphatic heterocycles. The average Bonchev–Trinajstić information content (AvgIpc) is 2.44. The Morgan fingerprint density at radius 1 is 1.32 bits per heavy atom. The van der Waals surface area contributed by atoms with Gasteiger partial charge < -0.3 is 16.4 Å². The summed E-state index contributed by atoms with van der Waals surface area (Å²) < 4.78 is 25.4. The fourth-order valence-corrected chi connectivity index (χ4v) is 3.85. The Labute approximate surface area is 150 Å². The summed E-state index contributed by atoms with van der Waals surface area (Å²) in [5, 5.41) is 6.57. The first kappa shape index (κ1) is 21.7. The molecule has 0 aromatic heterocycles. The van der Waals surface area contributed by atoms with Gasteiger partial charge in [-0.2, -0.15) is 0 Å². The van der Waals surface area contributed by atoms with E-state index < -0.39 is 15.6 Å². The lowest BCUT2D eigenvalue weighted by Crippen LogP contribution is -2.51. The number of carbonyl (C=O) groups is 1. The van der Waals surface area contributed by atoms with Crippen LogP contribution in [0.2, 0.25) is 0 Å². The molecule has 10 heteroatoms. The van der Waals surface area contributed by atoms with Crippen molar-refractivity contribution in [1.29, 1.82) is 0 Å². The highest BCUT2D eigenvalue weighted by Gasteiger charge is 2.23. The van der Waals surface area contributed by atoms with Gasteiger partial charge in [0.1, 0.15) is 0 Å². The molecule has 0 saturated carbocycles. The van der Waals surface area contributed by atoms with E-state index in [0.29, 0.717) is 25.6 Å². The van der Waals surface area contributed by atoms with Crippen LogP contribution >= 0.6 is 0 Å². The molecule has 146 valence electrons. The molecule has 0 radical (unpaired) electrons. The van der Waals surface area contributed by atoms with Gasteiger partial charge in [0, 0.05) is 31.2 Å². The average molecular weight is 377 g/mol. The number of sulfonamides is 1. The second-order valence-electron chi connectivity index (χ2n) is 7.11. The number of piperidine rings is 1. The van der Waals surface area contributed by atoms with Gasteiger partial charge in [-0.25, -0.2) is 13.1 Å². The molecule has 1 fully saturated rings. The van der Waals surface area contributed by atoms with Gasteiger partial charge in [-0.05, 0) is 33.6 Å². The number of likely N-dealkylation sites (tertiary alicyclic amines) is 1. The third-order valence-corrected chi connectivity index (χ3v) is 4.67. The molecular weight excluding hydrogens is 344 g/mol. The Balaban J connectivity index is 2.58. The molecule has 0 unspecified atom stereocenters. The van der Waals surface area contributed by atoms with E-state index in [0.717, 1.165) is 32.2 Å².